The average Bonchev–Trinajstić information content (AvgIpc) is 2.39. The van der Waals surface area contributed by atoms with Gasteiger partial charge in [-0.15, -0.1) is 11.8 Å². The van der Waals surface area contributed by atoms with Crippen molar-refractivity contribution in [2.45, 2.75) is 11.8 Å². The SMILES string of the molecule is CSc1ccc(-c2ccc(OC(C)=O)cc2)cc1. The summed E-state index contributed by atoms with van der Waals surface area (Å²) in [6.45, 7) is 1.40. The molecular formula is C15H14O2S. The molecule has 18 heavy (non-hydrogen) atoms. The third-order valence-electron chi connectivity index (χ3n) is 2.54. The van der Waals surface area contributed by atoms with Gasteiger partial charge in [0.2, 0.25) is 0 Å². The van der Waals surface area contributed by atoms with Gasteiger partial charge in [-0.25, -0.2) is 0 Å². The average molecular weight is 258 g/mol. The van der Waals surface area contributed by atoms with Gasteiger partial charge in [-0.05, 0) is 41.6 Å². The van der Waals surface area contributed by atoms with Gasteiger partial charge in [0.05, 0.1) is 0 Å². The zero-order valence-corrected chi connectivity index (χ0v) is 11.2. The van der Waals surface area contributed by atoms with Crippen molar-refractivity contribution in [1.29, 1.82) is 0 Å². The molecule has 2 aromatic rings. The Morgan fingerprint density at radius 2 is 1.44 bits per heavy atom. The fraction of sp³-hybridized carbons (Fsp3) is 0.133. The zero-order chi connectivity index (χ0) is 13.0. The molecule has 2 rings (SSSR count). The highest BCUT2D eigenvalue weighted by Crippen LogP contribution is 2.24. The van der Waals surface area contributed by atoms with Gasteiger partial charge in [-0.3, -0.25) is 4.79 Å². The predicted octanol–water partition coefficient (Wildman–Crippen LogP) is 4.00. The van der Waals surface area contributed by atoms with E-state index in [2.05, 4.69) is 30.5 Å². The lowest BCUT2D eigenvalue weighted by atomic mass is 10.1. The van der Waals surface area contributed by atoms with Crippen molar-refractivity contribution in [3.63, 3.8) is 0 Å². The van der Waals surface area contributed by atoms with Crippen molar-refractivity contribution < 1.29 is 9.53 Å². The second-order valence-electron chi connectivity index (χ2n) is 3.85. The lowest BCUT2D eigenvalue weighted by molar-refractivity contribution is -0.131. The lowest BCUT2D eigenvalue weighted by Gasteiger charge is -2.05. The summed E-state index contributed by atoms with van der Waals surface area (Å²) in [6, 6.07) is 15.9. The number of ether oxygens (including phenoxy) is 1. The van der Waals surface area contributed by atoms with E-state index in [1.807, 2.05) is 12.1 Å². The number of thioether (sulfide) groups is 1. The molecule has 0 heterocycles. The van der Waals surface area contributed by atoms with Crippen molar-refractivity contribution in [1.82, 2.24) is 0 Å². The Balaban J connectivity index is 2.20. The van der Waals surface area contributed by atoms with Crippen molar-refractivity contribution in [3.8, 4) is 16.9 Å². The fourth-order valence-corrected chi connectivity index (χ4v) is 2.07. The van der Waals surface area contributed by atoms with Crippen LogP contribution in [0, 0.1) is 0 Å². The first-order valence-corrected chi connectivity index (χ1v) is 6.84. The van der Waals surface area contributed by atoms with E-state index in [1.54, 1.807) is 23.9 Å². The Bertz CT molecular complexity index is 529. The Hall–Kier alpha value is -1.74. The van der Waals surface area contributed by atoms with E-state index in [0.717, 1.165) is 11.1 Å². The van der Waals surface area contributed by atoms with Crippen LogP contribution >= 0.6 is 11.8 Å². The molecule has 0 radical (unpaired) electrons. The largest absolute Gasteiger partial charge is 0.427 e. The van der Waals surface area contributed by atoms with Crippen molar-refractivity contribution >= 4 is 17.7 Å². The van der Waals surface area contributed by atoms with Gasteiger partial charge in [0.25, 0.3) is 0 Å². The molecule has 3 heteroatoms. The van der Waals surface area contributed by atoms with Gasteiger partial charge in [0, 0.05) is 11.8 Å². The topological polar surface area (TPSA) is 26.3 Å². The quantitative estimate of drug-likeness (QED) is 0.473. The summed E-state index contributed by atoms with van der Waals surface area (Å²) in [5, 5.41) is 0. The van der Waals surface area contributed by atoms with Gasteiger partial charge in [0.15, 0.2) is 0 Å². The molecule has 0 fully saturated rings. The summed E-state index contributed by atoms with van der Waals surface area (Å²) in [7, 11) is 0. The summed E-state index contributed by atoms with van der Waals surface area (Å²) in [5.41, 5.74) is 2.26. The van der Waals surface area contributed by atoms with Crippen LogP contribution in [0.5, 0.6) is 5.75 Å². The number of carbonyl (C=O) groups excluding carboxylic acids is 1. The predicted molar refractivity (Wildman–Crippen MR) is 75.0 cm³/mol. The first kappa shape index (κ1) is 12.7. The number of rotatable bonds is 3. The summed E-state index contributed by atoms with van der Waals surface area (Å²) in [4.78, 5) is 12.1. The van der Waals surface area contributed by atoms with Crippen LogP contribution in [0.1, 0.15) is 6.92 Å². The second kappa shape index (κ2) is 5.74. The number of esters is 1. The van der Waals surface area contributed by atoms with E-state index in [0.29, 0.717) is 5.75 Å². The Labute approximate surface area is 111 Å². The van der Waals surface area contributed by atoms with Crippen molar-refractivity contribution in [2.75, 3.05) is 6.26 Å². The summed E-state index contributed by atoms with van der Waals surface area (Å²) >= 11 is 1.72. The van der Waals surface area contributed by atoms with Crippen molar-refractivity contribution in [2.24, 2.45) is 0 Å². The minimum absolute atomic E-state index is 0.299. The number of benzene rings is 2. The highest BCUT2D eigenvalue weighted by molar-refractivity contribution is 7.98. The summed E-state index contributed by atoms with van der Waals surface area (Å²) in [5.74, 6) is 0.277. The Morgan fingerprint density at radius 1 is 0.944 bits per heavy atom. The number of carbonyl (C=O) groups is 1. The van der Waals surface area contributed by atoms with Gasteiger partial charge in [0.1, 0.15) is 5.75 Å². The van der Waals surface area contributed by atoms with Crippen LogP contribution in [0.2, 0.25) is 0 Å². The van der Waals surface area contributed by atoms with Gasteiger partial charge >= 0.3 is 5.97 Å². The van der Waals surface area contributed by atoms with E-state index in [9.17, 15) is 4.79 Å². The third-order valence-corrected chi connectivity index (χ3v) is 3.28. The highest BCUT2D eigenvalue weighted by Gasteiger charge is 2.00. The van der Waals surface area contributed by atoms with E-state index in [-0.39, 0.29) is 5.97 Å². The number of hydrogen-bond donors (Lipinski definition) is 0. The minimum Gasteiger partial charge on any atom is -0.427 e. The molecular weight excluding hydrogens is 244 g/mol. The molecule has 0 atom stereocenters. The van der Waals surface area contributed by atoms with Crippen LogP contribution in [-0.2, 0) is 4.79 Å². The van der Waals surface area contributed by atoms with Gasteiger partial charge < -0.3 is 4.74 Å². The molecule has 0 N–H and O–H groups in total. The van der Waals surface area contributed by atoms with Gasteiger partial charge in [-0.1, -0.05) is 24.3 Å². The monoisotopic (exact) mass is 258 g/mol. The molecule has 0 saturated heterocycles. The third kappa shape index (κ3) is 3.14. The van der Waals surface area contributed by atoms with E-state index in [4.69, 9.17) is 4.74 Å². The molecule has 0 bridgehead atoms. The molecule has 2 nitrogen and oxygen atoms in total. The molecule has 0 saturated carbocycles. The lowest BCUT2D eigenvalue weighted by Crippen LogP contribution is -2.00. The Kier molecular flexibility index (Phi) is 4.05. The zero-order valence-electron chi connectivity index (χ0n) is 10.3. The van der Waals surface area contributed by atoms with Crippen LogP contribution < -0.4 is 4.74 Å². The normalized spacial score (nSPS) is 10.1. The molecule has 0 aromatic heterocycles. The fourth-order valence-electron chi connectivity index (χ4n) is 1.66. The first-order valence-electron chi connectivity index (χ1n) is 5.62. The molecule has 0 unspecified atom stereocenters. The standard InChI is InChI=1S/C15H14O2S/c1-11(16)17-14-7-3-12(4-8-14)13-5-9-15(18-2)10-6-13/h3-10H,1-2H3. The van der Waals surface area contributed by atoms with E-state index >= 15 is 0 Å². The Morgan fingerprint density at radius 3 is 1.89 bits per heavy atom. The van der Waals surface area contributed by atoms with Crippen LogP contribution in [0.25, 0.3) is 11.1 Å². The van der Waals surface area contributed by atoms with E-state index in [1.165, 1.54) is 11.8 Å². The number of hydrogen-bond acceptors (Lipinski definition) is 3. The molecule has 0 aliphatic heterocycles. The van der Waals surface area contributed by atoms with Crippen LogP contribution in [0.15, 0.2) is 53.4 Å². The molecule has 0 amide bonds. The summed E-state index contributed by atoms with van der Waals surface area (Å²) in [6.07, 6.45) is 2.06. The molecule has 2 aromatic carbocycles. The minimum atomic E-state index is -0.299. The summed E-state index contributed by atoms with van der Waals surface area (Å²) < 4.78 is 5.00. The molecule has 0 aliphatic rings. The van der Waals surface area contributed by atoms with Crippen LogP contribution in [0.4, 0.5) is 0 Å². The smallest absolute Gasteiger partial charge is 0.308 e. The maximum absolute atomic E-state index is 10.8. The van der Waals surface area contributed by atoms with Gasteiger partial charge in [-0.2, -0.15) is 0 Å². The molecule has 0 spiro atoms. The molecule has 0 aliphatic carbocycles. The maximum atomic E-state index is 10.8. The van der Waals surface area contributed by atoms with Crippen LogP contribution in [0.3, 0.4) is 0 Å². The van der Waals surface area contributed by atoms with Crippen molar-refractivity contribution in [3.05, 3.63) is 48.5 Å². The van der Waals surface area contributed by atoms with E-state index < -0.39 is 0 Å². The second-order valence-corrected chi connectivity index (χ2v) is 4.73. The highest BCUT2D eigenvalue weighted by atomic mass is 32.2. The van der Waals surface area contributed by atoms with Crippen LogP contribution in [-0.4, -0.2) is 12.2 Å². The maximum Gasteiger partial charge on any atom is 0.308 e. The molecule has 92 valence electrons. The first-order chi connectivity index (χ1) is 8.69.